The number of carbonyl (C=O) groups is 1. The van der Waals surface area contributed by atoms with Crippen LogP contribution in [-0.2, 0) is 21.4 Å². The zero-order valence-corrected chi connectivity index (χ0v) is 18.0. The number of carbonyl (C=O) groups excluding carboxylic acids is 1. The second-order valence-corrected chi connectivity index (χ2v) is 9.42. The third-order valence-corrected chi connectivity index (χ3v) is 7.46. The Labute approximate surface area is 172 Å². The fourth-order valence-electron chi connectivity index (χ4n) is 3.66. The van der Waals surface area contributed by atoms with Crippen LogP contribution in [0.4, 0.5) is 0 Å². The second kappa shape index (κ2) is 8.97. The molecule has 1 amide bonds. The molecule has 1 heterocycles. The highest BCUT2D eigenvalue weighted by Crippen LogP contribution is 2.26. The molecule has 7 heteroatoms. The van der Waals surface area contributed by atoms with Gasteiger partial charge < -0.3 is 10.1 Å². The van der Waals surface area contributed by atoms with Gasteiger partial charge in [-0.1, -0.05) is 29.8 Å². The fourth-order valence-corrected chi connectivity index (χ4v) is 5.34. The molecule has 0 atom stereocenters. The highest BCUT2D eigenvalue weighted by atomic mass is 32.2. The number of amides is 1. The zero-order valence-electron chi connectivity index (χ0n) is 17.1. The van der Waals surface area contributed by atoms with Gasteiger partial charge in [-0.05, 0) is 56.0 Å². The lowest BCUT2D eigenvalue weighted by molar-refractivity contribution is -0.126. The van der Waals surface area contributed by atoms with Gasteiger partial charge in [-0.25, -0.2) is 8.42 Å². The van der Waals surface area contributed by atoms with E-state index in [1.807, 2.05) is 50.2 Å². The Morgan fingerprint density at radius 1 is 1.10 bits per heavy atom. The SMILES string of the molecule is COc1ccc(CNC(=O)C2CCN(S(=O)(=O)c3ccc(C)cc3C)CC2)cc1. The lowest BCUT2D eigenvalue weighted by atomic mass is 9.97. The Hall–Kier alpha value is -2.38. The van der Waals surface area contributed by atoms with Gasteiger partial charge in [0.15, 0.2) is 0 Å². The summed E-state index contributed by atoms with van der Waals surface area (Å²) in [7, 11) is -1.92. The van der Waals surface area contributed by atoms with Crippen molar-refractivity contribution in [1.29, 1.82) is 0 Å². The maximum absolute atomic E-state index is 13.0. The minimum Gasteiger partial charge on any atom is -0.497 e. The number of nitrogens with zero attached hydrogens (tertiary/aromatic N) is 1. The van der Waals surface area contributed by atoms with Crippen molar-refractivity contribution in [1.82, 2.24) is 9.62 Å². The van der Waals surface area contributed by atoms with Crippen molar-refractivity contribution < 1.29 is 17.9 Å². The summed E-state index contributed by atoms with van der Waals surface area (Å²) in [5.41, 5.74) is 2.78. The molecule has 29 heavy (non-hydrogen) atoms. The van der Waals surface area contributed by atoms with Gasteiger partial charge in [0.1, 0.15) is 5.75 Å². The standard InChI is InChI=1S/C22H28N2O4S/c1-16-4-9-21(17(2)14-16)29(26,27)24-12-10-19(11-13-24)22(25)23-15-18-5-7-20(28-3)8-6-18/h4-9,14,19H,10-13,15H2,1-3H3,(H,23,25). The summed E-state index contributed by atoms with van der Waals surface area (Å²) in [5, 5.41) is 2.96. The molecule has 156 valence electrons. The molecule has 1 N–H and O–H groups in total. The predicted octanol–water partition coefficient (Wildman–Crippen LogP) is 3.03. The molecule has 0 radical (unpaired) electrons. The van der Waals surface area contributed by atoms with Gasteiger partial charge in [0.05, 0.1) is 12.0 Å². The van der Waals surface area contributed by atoms with Crippen LogP contribution in [-0.4, -0.2) is 38.8 Å². The van der Waals surface area contributed by atoms with E-state index in [-0.39, 0.29) is 11.8 Å². The van der Waals surface area contributed by atoms with Gasteiger partial charge in [-0.3, -0.25) is 4.79 Å². The summed E-state index contributed by atoms with van der Waals surface area (Å²) >= 11 is 0. The fraction of sp³-hybridized carbons (Fsp3) is 0.409. The molecule has 0 bridgehead atoms. The molecule has 0 aliphatic carbocycles. The van der Waals surface area contributed by atoms with Crippen molar-refractivity contribution in [2.24, 2.45) is 5.92 Å². The van der Waals surface area contributed by atoms with Crippen LogP contribution in [0.5, 0.6) is 5.75 Å². The number of nitrogens with one attached hydrogen (secondary N) is 1. The van der Waals surface area contributed by atoms with E-state index in [4.69, 9.17) is 4.74 Å². The van der Waals surface area contributed by atoms with Crippen LogP contribution < -0.4 is 10.1 Å². The monoisotopic (exact) mass is 416 g/mol. The van der Waals surface area contributed by atoms with E-state index in [0.717, 1.165) is 22.4 Å². The van der Waals surface area contributed by atoms with Crippen molar-refractivity contribution in [2.75, 3.05) is 20.2 Å². The molecule has 2 aromatic rings. The van der Waals surface area contributed by atoms with E-state index in [1.165, 1.54) is 4.31 Å². The van der Waals surface area contributed by atoms with Crippen LogP contribution in [0, 0.1) is 19.8 Å². The third kappa shape index (κ3) is 4.97. The first-order valence-electron chi connectivity index (χ1n) is 9.79. The van der Waals surface area contributed by atoms with Crippen molar-refractivity contribution in [3.63, 3.8) is 0 Å². The number of ether oxygens (including phenoxy) is 1. The Morgan fingerprint density at radius 3 is 2.34 bits per heavy atom. The minimum absolute atomic E-state index is 0.0237. The largest absolute Gasteiger partial charge is 0.497 e. The first-order valence-corrected chi connectivity index (χ1v) is 11.2. The number of piperidine rings is 1. The lowest BCUT2D eigenvalue weighted by Gasteiger charge is -2.31. The summed E-state index contributed by atoms with van der Waals surface area (Å²) in [6.45, 7) is 4.93. The predicted molar refractivity (Wildman–Crippen MR) is 112 cm³/mol. The van der Waals surface area contributed by atoms with Crippen LogP contribution in [0.3, 0.4) is 0 Å². The molecule has 0 saturated carbocycles. The molecular formula is C22H28N2O4S. The van der Waals surface area contributed by atoms with Crippen LogP contribution >= 0.6 is 0 Å². The van der Waals surface area contributed by atoms with Gasteiger partial charge in [0.25, 0.3) is 0 Å². The molecule has 1 fully saturated rings. The average molecular weight is 417 g/mol. The molecule has 0 spiro atoms. The van der Waals surface area contributed by atoms with Crippen LogP contribution in [0.25, 0.3) is 0 Å². The molecule has 3 rings (SSSR count). The highest BCUT2D eigenvalue weighted by molar-refractivity contribution is 7.89. The maximum atomic E-state index is 13.0. The summed E-state index contributed by atoms with van der Waals surface area (Å²) in [5.74, 6) is 0.584. The Balaban J connectivity index is 1.55. The number of hydrogen-bond donors (Lipinski definition) is 1. The van der Waals surface area contributed by atoms with Crippen molar-refractivity contribution >= 4 is 15.9 Å². The molecule has 1 aliphatic rings. The normalized spacial score (nSPS) is 15.8. The third-order valence-electron chi connectivity index (χ3n) is 5.40. The van der Waals surface area contributed by atoms with Crippen LogP contribution in [0.1, 0.15) is 29.5 Å². The smallest absolute Gasteiger partial charge is 0.243 e. The zero-order chi connectivity index (χ0) is 21.0. The summed E-state index contributed by atoms with van der Waals surface area (Å²) < 4.78 is 32.6. The first-order chi connectivity index (χ1) is 13.8. The summed E-state index contributed by atoms with van der Waals surface area (Å²) in [6.07, 6.45) is 1.05. The number of rotatable bonds is 6. The molecule has 2 aromatic carbocycles. The molecule has 0 unspecified atom stereocenters. The van der Waals surface area contributed by atoms with E-state index >= 15 is 0 Å². The quantitative estimate of drug-likeness (QED) is 0.785. The molecular weight excluding hydrogens is 388 g/mol. The van der Waals surface area contributed by atoms with Gasteiger partial charge >= 0.3 is 0 Å². The topological polar surface area (TPSA) is 75.7 Å². The van der Waals surface area contributed by atoms with E-state index in [0.29, 0.717) is 37.4 Å². The summed E-state index contributed by atoms with van der Waals surface area (Å²) in [4.78, 5) is 12.9. The molecule has 0 aromatic heterocycles. The van der Waals surface area contributed by atoms with E-state index in [1.54, 1.807) is 13.2 Å². The number of benzene rings is 2. The minimum atomic E-state index is -3.53. The van der Waals surface area contributed by atoms with Crippen molar-refractivity contribution in [3.8, 4) is 5.75 Å². The van der Waals surface area contributed by atoms with Gasteiger partial charge in [0, 0.05) is 25.6 Å². The molecule has 1 aliphatic heterocycles. The van der Waals surface area contributed by atoms with E-state index in [9.17, 15) is 13.2 Å². The Morgan fingerprint density at radius 2 is 1.76 bits per heavy atom. The highest BCUT2D eigenvalue weighted by Gasteiger charge is 2.32. The number of hydrogen-bond acceptors (Lipinski definition) is 4. The second-order valence-electron chi connectivity index (χ2n) is 7.51. The average Bonchev–Trinajstić information content (AvgIpc) is 2.72. The van der Waals surface area contributed by atoms with Crippen molar-refractivity contribution in [2.45, 2.75) is 38.1 Å². The van der Waals surface area contributed by atoms with Gasteiger partial charge in [-0.2, -0.15) is 4.31 Å². The number of methoxy groups -OCH3 is 1. The van der Waals surface area contributed by atoms with Gasteiger partial charge in [0.2, 0.25) is 15.9 Å². The van der Waals surface area contributed by atoms with Crippen LogP contribution in [0.2, 0.25) is 0 Å². The molecule has 1 saturated heterocycles. The molecule has 6 nitrogen and oxygen atoms in total. The Bertz CT molecular complexity index is 963. The van der Waals surface area contributed by atoms with Gasteiger partial charge in [-0.15, -0.1) is 0 Å². The maximum Gasteiger partial charge on any atom is 0.243 e. The number of sulfonamides is 1. The summed E-state index contributed by atoms with van der Waals surface area (Å²) in [6, 6.07) is 12.9. The van der Waals surface area contributed by atoms with E-state index < -0.39 is 10.0 Å². The van der Waals surface area contributed by atoms with Crippen molar-refractivity contribution in [3.05, 3.63) is 59.2 Å². The van der Waals surface area contributed by atoms with E-state index in [2.05, 4.69) is 5.32 Å². The van der Waals surface area contributed by atoms with Crippen LogP contribution in [0.15, 0.2) is 47.4 Å². The lowest BCUT2D eigenvalue weighted by Crippen LogP contribution is -2.43. The first kappa shape index (κ1) is 21.3. The number of aryl methyl sites for hydroxylation is 2. The Kier molecular flexibility index (Phi) is 6.59.